The highest BCUT2D eigenvalue weighted by molar-refractivity contribution is 7.88. The first-order valence-electron chi connectivity index (χ1n) is 9.93. The van der Waals surface area contributed by atoms with Crippen LogP contribution in [0.25, 0.3) is 0 Å². The Morgan fingerprint density at radius 3 is 2.53 bits per heavy atom. The zero-order chi connectivity index (χ0) is 23.1. The fourth-order valence-electron chi connectivity index (χ4n) is 3.18. The number of rotatable bonds is 9. The first-order valence-corrected chi connectivity index (χ1v) is 11.6. The molecule has 0 radical (unpaired) electrons. The van der Waals surface area contributed by atoms with E-state index in [-0.39, 0.29) is 49.4 Å². The van der Waals surface area contributed by atoms with E-state index in [1.54, 1.807) is 48.5 Å². The van der Waals surface area contributed by atoms with Crippen LogP contribution in [0.1, 0.15) is 18.4 Å². The number of hydrogen-bond acceptors (Lipinski definition) is 5. The zero-order valence-corrected chi connectivity index (χ0v) is 18.2. The van der Waals surface area contributed by atoms with E-state index in [2.05, 4.69) is 21.9 Å². The van der Waals surface area contributed by atoms with Gasteiger partial charge in [0, 0.05) is 25.1 Å². The SMILES string of the molecule is C=CCNS(=O)(=O)Cc1ccc(NC(=O)CCC(=O)N2CC(=O)Nc3ccccc32)cc1. The molecule has 1 heterocycles. The highest BCUT2D eigenvalue weighted by atomic mass is 32.2. The molecule has 0 fully saturated rings. The van der Waals surface area contributed by atoms with Crippen LogP contribution in [-0.2, 0) is 30.2 Å². The summed E-state index contributed by atoms with van der Waals surface area (Å²) in [6.45, 7) is 3.53. The lowest BCUT2D eigenvalue weighted by Crippen LogP contribution is -2.42. The van der Waals surface area contributed by atoms with Crippen molar-refractivity contribution in [2.75, 3.05) is 28.6 Å². The number of carbonyl (C=O) groups excluding carboxylic acids is 3. The van der Waals surface area contributed by atoms with Crippen LogP contribution in [0.3, 0.4) is 0 Å². The van der Waals surface area contributed by atoms with E-state index in [0.717, 1.165) is 0 Å². The summed E-state index contributed by atoms with van der Waals surface area (Å²) in [5.74, 6) is -1.16. The second-order valence-electron chi connectivity index (χ2n) is 7.19. The monoisotopic (exact) mass is 456 g/mol. The van der Waals surface area contributed by atoms with Crippen molar-refractivity contribution in [3.8, 4) is 0 Å². The summed E-state index contributed by atoms with van der Waals surface area (Å²) in [4.78, 5) is 38.1. The van der Waals surface area contributed by atoms with Crippen LogP contribution < -0.4 is 20.3 Å². The van der Waals surface area contributed by atoms with E-state index >= 15 is 0 Å². The van der Waals surface area contributed by atoms with Crippen molar-refractivity contribution in [1.82, 2.24) is 4.72 Å². The molecule has 9 nitrogen and oxygen atoms in total. The third-order valence-corrected chi connectivity index (χ3v) is 6.00. The first kappa shape index (κ1) is 23.2. The van der Waals surface area contributed by atoms with E-state index in [1.807, 2.05) is 0 Å². The number of nitrogens with zero attached hydrogens (tertiary/aromatic N) is 1. The van der Waals surface area contributed by atoms with Gasteiger partial charge in [-0.3, -0.25) is 14.4 Å². The Hall–Kier alpha value is -3.50. The molecular formula is C22H24N4O5S. The molecular weight excluding hydrogens is 432 g/mol. The lowest BCUT2D eigenvalue weighted by atomic mass is 10.1. The summed E-state index contributed by atoms with van der Waals surface area (Å²) in [7, 11) is -3.47. The third-order valence-electron chi connectivity index (χ3n) is 4.68. The van der Waals surface area contributed by atoms with Gasteiger partial charge in [0.15, 0.2) is 0 Å². The predicted molar refractivity (Wildman–Crippen MR) is 123 cm³/mol. The Labute approximate surface area is 186 Å². The van der Waals surface area contributed by atoms with Gasteiger partial charge < -0.3 is 15.5 Å². The Bertz CT molecular complexity index is 1130. The normalized spacial score (nSPS) is 13.1. The fourth-order valence-corrected chi connectivity index (χ4v) is 4.28. The van der Waals surface area contributed by atoms with Gasteiger partial charge in [-0.25, -0.2) is 13.1 Å². The molecule has 0 unspecified atom stereocenters. The lowest BCUT2D eigenvalue weighted by molar-refractivity contribution is -0.124. The van der Waals surface area contributed by atoms with Gasteiger partial charge in [-0.05, 0) is 29.8 Å². The Kier molecular flexibility index (Phi) is 7.39. The topological polar surface area (TPSA) is 125 Å². The van der Waals surface area contributed by atoms with Crippen molar-refractivity contribution < 1.29 is 22.8 Å². The molecule has 0 spiro atoms. The van der Waals surface area contributed by atoms with Crippen molar-refractivity contribution in [2.24, 2.45) is 0 Å². The van der Waals surface area contributed by atoms with E-state index in [4.69, 9.17) is 0 Å². The van der Waals surface area contributed by atoms with Crippen LogP contribution in [0.5, 0.6) is 0 Å². The molecule has 0 aliphatic carbocycles. The van der Waals surface area contributed by atoms with Gasteiger partial charge in [0.05, 0.1) is 17.1 Å². The number of amides is 3. The largest absolute Gasteiger partial charge is 0.326 e. The summed E-state index contributed by atoms with van der Waals surface area (Å²) >= 11 is 0. The zero-order valence-electron chi connectivity index (χ0n) is 17.3. The molecule has 168 valence electrons. The summed E-state index contributed by atoms with van der Waals surface area (Å²) in [6.07, 6.45) is 1.35. The minimum atomic E-state index is -3.47. The third kappa shape index (κ3) is 6.25. The summed E-state index contributed by atoms with van der Waals surface area (Å²) in [6, 6.07) is 13.4. The highest BCUT2D eigenvalue weighted by Gasteiger charge is 2.26. The van der Waals surface area contributed by atoms with E-state index in [0.29, 0.717) is 22.6 Å². The van der Waals surface area contributed by atoms with Gasteiger partial charge in [-0.1, -0.05) is 30.3 Å². The number of carbonyl (C=O) groups is 3. The molecule has 3 rings (SSSR count). The molecule has 1 aliphatic heterocycles. The van der Waals surface area contributed by atoms with Crippen LogP contribution in [0.4, 0.5) is 17.1 Å². The van der Waals surface area contributed by atoms with Gasteiger partial charge in [0.25, 0.3) is 0 Å². The molecule has 2 aromatic rings. The number of fused-ring (bicyclic) bond motifs is 1. The number of nitrogens with one attached hydrogen (secondary N) is 3. The van der Waals surface area contributed by atoms with Crippen molar-refractivity contribution in [1.29, 1.82) is 0 Å². The predicted octanol–water partition coefficient (Wildman–Crippen LogP) is 2.00. The molecule has 32 heavy (non-hydrogen) atoms. The quantitative estimate of drug-likeness (QED) is 0.498. The maximum absolute atomic E-state index is 12.6. The summed E-state index contributed by atoms with van der Waals surface area (Å²) in [5, 5.41) is 5.40. The van der Waals surface area contributed by atoms with Crippen molar-refractivity contribution in [2.45, 2.75) is 18.6 Å². The van der Waals surface area contributed by atoms with E-state index < -0.39 is 10.0 Å². The second-order valence-corrected chi connectivity index (χ2v) is 8.99. The molecule has 3 amide bonds. The molecule has 10 heteroatoms. The molecule has 1 aliphatic rings. The Morgan fingerprint density at radius 2 is 1.81 bits per heavy atom. The Balaban J connectivity index is 1.52. The number of sulfonamides is 1. The van der Waals surface area contributed by atoms with E-state index in [1.165, 1.54) is 11.0 Å². The number of para-hydroxylation sites is 2. The molecule has 0 aromatic heterocycles. The minimum Gasteiger partial charge on any atom is -0.326 e. The maximum atomic E-state index is 12.6. The molecule has 0 saturated carbocycles. The van der Waals surface area contributed by atoms with Crippen LogP contribution in [0.2, 0.25) is 0 Å². The minimum absolute atomic E-state index is 0.0548. The van der Waals surface area contributed by atoms with Gasteiger partial charge in [-0.2, -0.15) is 0 Å². The summed E-state index contributed by atoms with van der Waals surface area (Å²) in [5.41, 5.74) is 2.22. The summed E-state index contributed by atoms with van der Waals surface area (Å²) < 4.78 is 26.2. The molecule has 2 aromatic carbocycles. The molecule has 0 atom stereocenters. The number of benzene rings is 2. The van der Waals surface area contributed by atoms with Gasteiger partial charge in [0.2, 0.25) is 27.7 Å². The average Bonchev–Trinajstić information content (AvgIpc) is 2.76. The molecule has 0 saturated heterocycles. The van der Waals surface area contributed by atoms with Crippen LogP contribution in [-0.4, -0.2) is 39.2 Å². The maximum Gasteiger partial charge on any atom is 0.244 e. The number of anilines is 3. The van der Waals surface area contributed by atoms with Gasteiger partial charge in [-0.15, -0.1) is 6.58 Å². The van der Waals surface area contributed by atoms with Crippen LogP contribution in [0, 0.1) is 0 Å². The van der Waals surface area contributed by atoms with Gasteiger partial charge in [0.1, 0.15) is 6.54 Å². The van der Waals surface area contributed by atoms with Crippen LogP contribution >= 0.6 is 0 Å². The highest BCUT2D eigenvalue weighted by Crippen LogP contribution is 2.29. The Morgan fingerprint density at radius 1 is 1.09 bits per heavy atom. The fraction of sp³-hybridized carbons (Fsp3) is 0.227. The lowest BCUT2D eigenvalue weighted by Gasteiger charge is -2.29. The number of hydrogen-bond donors (Lipinski definition) is 3. The van der Waals surface area contributed by atoms with Gasteiger partial charge >= 0.3 is 0 Å². The molecule has 0 bridgehead atoms. The first-order chi connectivity index (χ1) is 15.3. The van der Waals surface area contributed by atoms with Crippen LogP contribution in [0.15, 0.2) is 61.2 Å². The van der Waals surface area contributed by atoms with Crippen molar-refractivity contribution in [3.63, 3.8) is 0 Å². The van der Waals surface area contributed by atoms with Crippen molar-refractivity contribution >= 4 is 44.8 Å². The van der Waals surface area contributed by atoms with Crippen molar-refractivity contribution in [3.05, 3.63) is 66.7 Å². The standard InChI is InChI=1S/C22H24N4O5S/c1-2-13-23-32(30,31)15-16-7-9-17(10-8-16)24-20(27)11-12-22(29)26-14-21(28)25-18-5-3-4-6-19(18)26/h2-10,23H,1,11-15H2,(H,24,27)(H,25,28). The van der Waals surface area contributed by atoms with E-state index in [9.17, 15) is 22.8 Å². The molecule has 3 N–H and O–H groups in total. The second kappa shape index (κ2) is 10.2. The average molecular weight is 457 g/mol. The smallest absolute Gasteiger partial charge is 0.244 e.